The Balaban J connectivity index is 1.82. The van der Waals surface area contributed by atoms with Crippen molar-refractivity contribution in [2.24, 2.45) is 5.73 Å². The van der Waals surface area contributed by atoms with Gasteiger partial charge in [-0.2, -0.15) is 0 Å². The summed E-state index contributed by atoms with van der Waals surface area (Å²) >= 11 is 0. The number of hydrogen-bond donors (Lipinski definition) is 3. The van der Waals surface area contributed by atoms with E-state index in [0.717, 1.165) is 0 Å². The molecule has 8 heteroatoms. The Morgan fingerprint density at radius 1 is 0.963 bits per heavy atom. The summed E-state index contributed by atoms with van der Waals surface area (Å²) in [6.07, 6.45) is 0.134. The first-order valence-corrected chi connectivity index (χ1v) is 9.64. The van der Waals surface area contributed by atoms with Crippen LogP contribution in [-0.2, 0) is 20.4 Å². The van der Waals surface area contributed by atoms with Crippen LogP contribution in [0.1, 0.15) is 16.8 Å². The maximum Gasteiger partial charge on any atom is 0.251 e. The Labute approximate surface area is 159 Å². The average Bonchev–Trinajstić information content (AvgIpc) is 2.70. The van der Waals surface area contributed by atoms with Crippen LogP contribution in [0, 0.1) is 0 Å². The van der Waals surface area contributed by atoms with E-state index in [1.54, 1.807) is 54.6 Å². The van der Waals surface area contributed by atoms with Crippen molar-refractivity contribution >= 4 is 28.5 Å². The minimum atomic E-state index is -1.30. The Bertz CT molecular complexity index is 812. The number of carbonyl (C=O) groups excluding carboxylic acids is 3. The lowest BCUT2D eigenvalue weighted by Crippen LogP contribution is -2.48. The molecule has 3 amide bonds. The van der Waals surface area contributed by atoms with Gasteiger partial charge >= 0.3 is 0 Å². The summed E-state index contributed by atoms with van der Waals surface area (Å²) in [5.74, 6) is -1.49. The molecule has 0 saturated carbocycles. The maximum atomic E-state index is 12.2. The third-order valence-corrected chi connectivity index (χ3v) is 5.13. The first-order valence-electron chi connectivity index (χ1n) is 8.32. The molecule has 0 heterocycles. The highest BCUT2D eigenvalue weighted by Crippen LogP contribution is 2.07. The standard InChI is InChI=1S/C19H21N3O4S/c20-18(24)16(11-12-27(26)15-9-5-2-6-10-15)22-17(23)13-21-19(25)14-7-3-1-4-8-14/h1-10,16H,11-13H2,(H2,20,24)(H,21,25)(H,22,23)/t16-,27-/m0/s1. The van der Waals surface area contributed by atoms with Gasteiger partial charge in [0.05, 0.1) is 17.3 Å². The van der Waals surface area contributed by atoms with E-state index in [2.05, 4.69) is 10.6 Å². The van der Waals surface area contributed by atoms with Crippen molar-refractivity contribution in [3.8, 4) is 0 Å². The first kappa shape index (κ1) is 20.3. The second-order valence-corrected chi connectivity index (χ2v) is 7.29. The molecular formula is C19H21N3O4S. The molecule has 0 aliphatic rings. The fourth-order valence-electron chi connectivity index (χ4n) is 2.30. The van der Waals surface area contributed by atoms with E-state index in [1.807, 2.05) is 6.07 Å². The van der Waals surface area contributed by atoms with E-state index >= 15 is 0 Å². The number of carbonyl (C=O) groups is 3. The molecule has 2 aromatic carbocycles. The predicted molar refractivity (Wildman–Crippen MR) is 102 cm³/mol. The fraction of sp³-hybridized carbons (Fsp3) is 0.211. The molecule has 4 N–H and O–H groups in total. The van der Waals surface area contributed by atoms with Crippen LogP contribution in [0.2, 0.25) is 0 Å². The van der Waals surface area contributed by atoms with Gasteiger partial charge in [0.25, 0.3) is 5.91 Å². The topological polar surface area (TPSA) is 118 Å². The third-order valence-electron chi connectivity index (χ3n) is 3.72. The summed E-state index contributed by atoms with van der Waals surface area (Å²) in [6, 6.07) is 16.3. The van der Waals surface area contributed by atoms with Gasteiger partial charge in [0.1, 0.15) is 6.04 Å². The Hall–Kier alpha value is -3.00. The number of nitrogens with two attached hydrogens (primary N) is 1. The molecule has 0 aliphatic carbocycles. The predicted octanol–water partition coefficient (Wildman–Crippen LogP) is 0.584. The normalized spacial score (nSPS) is 12.6. The van der Waals surface area contributed by atoms with Crippen molar-refractivity contribution in [2.45, 2.75) is 17.4 Å². The highest BCUT2D eigenvalue weighted by atomic mass is 32.2. The van der Waals surface area contributed by atoms with Gasteiger partial charge in [-0.05, 0) is 30.7 Å². The van der Waals surface area contributed by atoms with E-state index in [0.29, 0.717) is 10.5 Å². The van der Waals surface area contributed by atoms with Crippen LogP contribution in [0.3, 0.4) is 0 Å². The van der Waals surface area contributed by atoms with Gasteiger partial charge in [0.15, 0.2) is 0 Å². The zero-order valence-corrected chi connectivity index (χ0v) is 15.4. The highest BCUT2D eigenvalue weighted by molar-refractivity contribution is 7.85. The van der Waals surface area contributed by atoms with Gasteiger partial charge < -0.3 is 16.4 Å². The zero-order valence-electron chi connectivity index (χ0n) is 14.6. The summed E-state index contributed by atoms with van der Waals surface area (Å²) < 4.78 is 12.2. The van der Waals surface area contributed by atoms with Gasteiger partial charge in [-0.25, -0.2) is 0 Å². The zero-order chi connectivity index (χ0) is 19.6. The van der Waals surface area contributed by atoms with Crippen molar-refractivity contribution in [1.82, 2.24) is 10.6 Å². The molecule has 0 aliphatic heterocycles. The van der Waals surface area contributed by atoms with Crippen LogP contribution in [0.15, 0.2) is 65.6 Å². The minimum absolute atomic E-state index is 0.134. The fourth-order valence-corrected chi connectivity index (χ4v) is 3.44. The van der Waals surface area contributed by atoms with Crippen LogP contribution >= 0.6 is 0 Å². The third kappa shape index (κ3) is 6.67. The summed E-state index contributed by atoms with van der Waals surface area (Å²) in [6.45, 7) is -0.292. The molecule has 0 unspecified atom stereocenters. The van der Waals surface area contributed by atoms with Crippen molar-refractivity contribution < 1.29 is 18.6 Å². The molecule has 0 bridgehead atoms. The number of primary amides is 1. The Kier molecular flexibility index (Phi) is 7.69. The number of benzene rings is 2. The minimum Gasteiger partial charge on any atom is -0.368 e. The van der Waals surface area contributed by atoms with Crippen molar-refractivity contribution in [3.63, 3.8) is 0 Å². The quantitative estimate of drug-likeness (QED) is 0.583. The molecule has 27 heavy (non-hydrogen) atoms. The molecule has 0 fully saturated rings. The van der Waals surface area contributed by atoms with E-state index < -0.39 is 34.6 Å². The van der Waals surface area contributed by atoms with E-state index in [9.17, 15) is 18.6 Å². The molecule has 142 valence electrons. The molecule has 7 nitrogen and oxygen atoms in total. The summed E-state index contributed by atoms with van der Waals surface area (Å²) in [5, 5.41) is 4.94. The lowest BCUT2D eigenvalue weighted by atomic mass is 10.2. The first-order chi connectivity index (χ1) is 13.0. The lowest BCUT2D eigenvalue weighted by Gasteiger charge is -2.15. The monoisotopic (exact) mass is 387 g/mol. The molecule has 2 atom stereocenters. The summed E-state index contributed by atoms with van der Waals surface area (Å²) in [5.41, 5.74) is 5.74. The van der Waals surface area contributed by atoms with Gasteiger partial charge in [-0.1, -0.05) is 36.4 Å². The maximum absolute atomic E-state index is 12.2. The number of nitrogens with one attached hydrogen (secondary N) is 2. The van der Waals surface area contributed by atoms with Crippen molar-refractivity contribution in [2.75, 3.05) is 12.3 Å². The molecular weight excluding hydrogens is 366 g/mol. The van der Waals surface area contributed by atoms with E-state index in [4.69, 9.17) is 5.73 Å². The van der Waals surface area contributed by atoms with Crippen LogP contribution in [0.4, 0.5) is 0 Å². The van der Waals surface area contributed by atoms with Gasteiger partial charge in [-0.3, -0.25) is 18.6 Å². The molecule has 0 saturated heterocycles. The van der Waals surface area contributed by atoms with Crippen LogP contribution in [0.5, 0.6) is 0 Å². The number of amides is 3. The lowest BCUT2D eigenvalue weighted by molar-refractivity contribution is -0.126. The molecule has 0 spiro atoms. The Morgan fingerprint density at radius 2 is 1.56 bits per heavy atom. The molecule has 2 aromatic rings. The number of hydrogen-bond acceptors (Lipinski definition) is 4. The smallest absolute Gasteiger partial charge is 0.251 e. The van der Waals surface area contributed by atoms with Crippen molar-refractivity contribution in [1.29, 1.82) is 0 Å². The molecule has 2 rings (SSSR count). The average molecular weight is 387 g/mol. The van der Waals surface area contributed by atoms with Crippen molar-refractivity contribution in [3.05, 3.63) is 66.2 Å². The second kappa shape index (κ2) is 10.2. The SMILES string of the molecule is NC(=O)[C@H](CC[S@](=O)c1ccccc1)NC(=O)CNC(=O)c1ccccc1. The second-order valence-electron chi connectivity index (χ2n) is 5.72. The Morgan fingerprint density at radius 3 is 2.15 bits per heavy atom. The highest BCUT2D eigenvalue weighted by Gasteiger charge is 2.19. The van der Waals surface area contributed by atoms with Gasteiger partial charge in [0.2, 0.25) is 11.8 Å². The van der Waals surface area contributed by atoms with E-state index in [-0.39, 0.29) is 18.7 Å². The van der Waals surface area contributed by atoms with Gasteiger partial charge in [-0.15, -0.1) is 0 Å². The summed E-state index contributed by atoms with van der Waals surface area (Å²) in [4.78, 5) is 36.1. The van der Waals surface area contributed by atoms with E-state index in [1.165, 1.54) is 0 Å². The van der Waals surface area contributed by atoms with Crippen LogP contribution in [0.25, 0.3) is 0 Å². The molecule has 0 radical (unpaired) electrons. The van der Waals surface area contributed by atoms with Crippen LogP contribution in [-0.4, -0.2) is 40.3 Å². The number of rotatable bonds is 9. The molecule has 0 aromatic heterocycles. The summed E-state index contributed by atoms with van der Waals surface area (Å²) in [7, 11) is -1.30. The largest absolute Gasteiger partial charge is 0.368 e. The van der Waals surface area contributed by atoms with Crippen LogP contribution < -0.4 is 16.4 Å². The van der Waals surface area contributed by atoms with Gasteiger partial charge in [0, 0.05) is 16.2 Å².